The molecule has 0 spiro atoms. The van der Waals surface area contributed by atoms with Crippen LogP contribution in [0.25, 0.3) is 0 Å². The molecule has 2 aromatic rings. The van der Waals surface area contributed by atoms with E-state index in [1.165, 1.54) is 25.5 Å². The van der Waals surface area contributed by atoms with E-state index >= 15 is 0 Å². The normalized spacial score (nSPS) is 16.6. The second-order valence-electron chi connectivity index (χ2n) is 15.1. The molecule has 336 valence electrons. The number of rotatable bonds is 18. The number of carbonyl (C=O) groups excluding carboxylic acids is 1. The molecule has 61 heavy (non-hydrogen) atoms. The predicted molar refractivity (Wildman–Crippen MR) is 249 cm³/mol. The van der Waals surface area contributed by atoms with Crippen molar-refractivity contribution in [2.75, 3.05) is 33.4 Å². The molecular weight excluding hydrogens is 814 g/mol. The third kappa shape index (κ3) is 21.1. The zero-order valence-corrected chi connectivity index (χ0v) is 39.6. The highest BCUT2D eigenvalue weighted by atomic mass is 35.5. The number of terminal acetylenes is 1. The van der Waals surface area contributed by atoms with Gasteiger partial charge in [-0.3, -0.25) is 10.1 Å². The van der Waals surface area contributed by atoms with Crippen LogP contribution in [0.15, 0.2) is 107 Å². The Balaban J connectivity index is 0.000000807. The highest BCUT2D eigenvalue weighted by Gasteiger charge is 2.33. The number of sulfonamides is 1. The SMILES string of the molecule is C#C/C(=C\C=C(/C)[N+](=O)[O-])S(=O)(=O)NCCOc1ccc(C[C@H](OC2=CC=C(C(C)(C)C)C=CC2)C(=O)OCC)cc1.CC.CC.CC1CC1CN(C)Cc1ccc(Cl)cc1. The number of carbonyl (C=O) groups is 1. The Morgan fingerprint density at radius 3 is 2.21 bits per heavy atom. The molecule has 0 saturated heterocycles. The number of nitro groups is 1. The molecule has 2 aliphatic carbocycles. The van der Waals surface area contributed by atoms with E-state index in [-0.39, 0.29) is 37.3 Å². The highest BCUT2D eigenvalue weighted by molar-refractivity contribution is 7.93. The molecule has 0 amide bonds. The van der Waals surface area contributed by atoms with E-state index < -0.39 is 31.9 Å². The van der Waals surface area contributed by atoms with Crippen molar-refractivity contribution in [2.45, 2.75) is 101 Å². The lowest BCUT2D eigenvalue weighted by molar-refractivity contribution is -0.424. The second-order valence-corrected chi connectivity index (χ2v) is 17.3. The molecule has 2 unspecified atom stereocenters. The molecule has 4 rings (SSSR count). The predicted octanol–water partition coefficient (Wildman–Crippen LogP) is 10.5. The van der Waals surface area contributed by atoms with Crippen molar-refractivity contribution in [3.8, 4) is 18.1 Å². The summed E-state index contributed by atoms with van der Waals surface area (Å²) < 4.78 is 44.1. The van der Waals surface area contributed by atoms with Crippen molar-refractivity contribution in [2.24, 2.45) is 17.3 Å². The summed E-state index contributed by atoms with van der Waals surface area (Å²) in [6, 6.07) is 15.1. The lowest BCUT2D eigenvalue weighted by atomic mass is 9.86. The minimum Gasteiger partial charge on any atom is -0.492 e. The second kappa shape index (κ2) is 28.0. The van der Waals surface area contributed by atoms with Crippen LogP contribution >= 0.6 is 11.6 Å². The number of halogens is 1. The van der Waals surface area contributed by atoms with E-state index in [4.69, 9.17) is 32.2 Å². The summed E-state index contributed by atoms with van der Waals surface area (Å²) in [7, 11) is -1.85. The largest absolute Gasteiger partial charge is 0.492 e. The first-order valence-corrected chi connectivity index (χ1v) is 22.8. The van der Waals surface area contributed by atoms with Gasteiger partial charge in [0.05, 0.1) is 11.5 Å². The fourth-order valence-corrected chi connectivity index (χ4v) is 6.67. The average Bonchev–Trinajstić information content (AvgIpc) is 3.98. The Morgan fingerprint density at radius 2 is 1.67 bits per heavy atom. The quantitative estimate of drug-likeness (QED) is 0.0387. The van der Waals surface area contributed by atoms with Crippen LogP contribution in [0.3, 0.4) is 0 Å². The molecule has 1 N–H and O–H groups in total. The molecule has 13 heteroatoms. The van der Waals surface area contributed by atoms with Crippen LogP contribution in [-0.2, 0) is 37.3 Å². The van der Waals surface area contributed by atoms with Gasteiger partial charge in [-0.15, -0.1) is 6.42 Å². The zero-order chi connectivity index (χ0) is 46.2. The average molecular weight is 883 g/mol. The van der Waals surface area contributed by atoms with E-state index in [0.717, 1.165) is 46.7 Å². The van der Waals surface area contributed by atoms with Crippen molar-refractivity contribution in [3.05, 3.63) is 133 Å². The van der Waals surface area contributed by atoms with Crippen LogP contribution in [0.2, 0.25) is 5.02 Å². The summed E-state index contributed by atoms with van der Waals surface area (Å²) in [5, 5.41) is 11.5. The Labute approximate surface area is 371 Å². The molecule has 0 bridgehead atoms. The summed E-state index contributed by atoms with van der Waals surface area (Å²) in [6.45, 7) is 22.1. The molecule has 11 nitrogen and oxygen atoms in total. The molecule has 1 saturated carbocycles. The highest BCUT2D eigenvalue weighted by Crippen LogP contribution is 2.38. The topological polar surface area (TPSA) is 137 Å². The van der Waals surface area contributed by atoms with Crippen LogP contribution < -0.4 is 9.46 Å². The maximum atomic E-state index is 12.7. The van der Waals surface area contributed by atoms with E-state index in [1.54, 1.807) is 31.2 Å². The number of hydrogen-bond donors (Lipinski definition) is 1. The van der Waals surface area contributed by atoms with E-state index in [0.29, 0.717) is 17.9 Å². The van der Waals surface area contributed by atoms with Gasteiger partial charge < -0.3 is 19.1 Å². The summed E-state index contributed by atoms with van der Waals surface area (Å²) in [6.07, 6.45) is 16.7. The molecule has 0 aliphatic heterocycles. The van der Waals surface area contributed by atoms with Crippen LogP contribution in [0.4, 0.5) is 0 Å². The first-order valence-electron chi connectivity index (χ1n) is 21.0. The summed E-state index contributed by atoms with van der Waals surface area (Å²) in [5.74, 6) is 4.59. The van der Waals surface area contributed by atoms with Crippen molar-refractivity contribution in [1.29, 1.82) is 0 Å². The number of nitrogens with one attached hydrogen (secondary N) is 1. The first-order chi connectivity index (χ1) is 28.9. The van der Waals surface area contributed by atoms with Crippen LogP contribution in [0.1, 0.15) is 93.2 Å². The van der Waals surface area contributed by atoms with Crippen molar-refractivity contribution in [1.82, 2.24) is 9.62 Å². The maximum Gasteiger partial charge on any atom is 0.347 e. The summed E-state index contributed by atoms with van der Waals surface area (Å²) >= 11 is 5.85. The minimum atomic E-state index is -4.05. The van der Waals surface area contributed by atoms with Crippen LogP contribution in [0, 0.1) is 39.7 Å². The molecule has 0 aromatic heterocycles. The van der Waals surface area contributed by atoms with Crippen molar-refractivity contribution < 1.29 is 32.3 Å². The fraction of sp³-hybridized carbons (Fsp3) is 0.479. The van der Waals surface area contributed by atoms with E-state index in [2.05, 4.69) is 62.6 Å². The Hall–Kier alpha value is -4.67. The van der Waals surface area contributed by atoms with Gasteiger partial charge in [-0.05, 0) is 90.8 Å². The van der Waals surface area contributed by atoms with Gasteiger partial charge in [0.2, 0.25) is 15.7 Å². The van der Waals surface area contributed by atoms with Gasteiger partial charge >= 0.3 is 5.97 Å². The number of benzene rings is 2. The molecule has 2 aliphatic rings. The Bertz CT molecular complexity index is 1970. The number of allylic oxidation sites excluding steroid dienone is 9. The Morgan fingerprint density at radius 1 is 1.07 bits per heavy atom. The van der Waals surface area contributed by atoms with Gasteiger partial charge in [-0.25, -0.2) is 17.9 Å². The van der Waals surface area contributed by atoms with Gasteiger partial charge in [0.15, 0.2) is 6.10 Å². The Kier molecular flexibility index (Phi) is 25.0. The van der Waals surface area contributed by atoms with Crippen LogP contribution in [-0.4, -0.2) is 63.7 Å². The monoisotopic (exact) mass is 881 g/mol. The molecule has 2 aromatic carbocycles. The third-order valence-corrected chi connectivity index (χ3v) is 10.8. The summed E-state index contributed by atoms with van der Waals surface area (Å²) in [5.41, 5.74) is 3.05. The molecule has 0 radical (unpaired) electrons. The number of nitrogens with zero attached hydrogens (tertiary/aromatic N) is 2. The maximum absolute atomic E-state index is 12.7. The lowest BCUT2D eigenvalue weighted by Crippen LogP contribution is -2.29. The van der Waals surface area contributed by atoms with Crippen molar-refractivity contribution in [3.63, 3.8) is 0 Å². The number of hydrogen-bond acceptors (Lipinski definition) is 9. The van der Waals surface area contributed by atoms with Gasteiger partial charge in [-0.2, -0.15) is 0 Å². The minimum absolute atomic E-state index is 0.000495. The smallest absolute Gasteiger partial charge is 0.347 e. The standard InChI is InChI=1S/C31H38N2O8S.C13H18ClN.2C2H6/c1-7-28(19-12-23(3)33(35)36)42(37,38)32-20-21-40-26-16-13-24(14-17-26)22-29(30(34)39-8-2)41-27-11-9-10-25(15-18-27)31(4,5)6;1-10-7-12(10)9-15(2)8-11-3-5-13(14)6-4-11;2*1-2/h1,9-10,12-19,29,32H,8,11,20-22H2,2-6H3;3-6,10,12H,7-9H2,1-2H3;2*1-2H3/b23-12+,28-19+;;;/t29-;;;/m0.../s1. The zero-order valence-electron chi connectivity index (χ0n) is 38.0. The number of esters is 1. The third-order valence-electron chi connectivity index (χ3n) is 9.17. The number of ether oxygens (including phenoxy) is 3. The molecule has 3 atom stereocenters. The van der Waals surface area contributed by atoms with Gasteiger partial charge in [0, 0.05) is 50.5 Å². The van der Waals surface area contributed by atoms with Crippen molar-refractivity contribution >= 4 is 27.6 Å². The van der Waals surface area contributed by atoms with Gasteiger partial charge in [-0.1, -0.05) is 115 Å². The fourth-order valence-electron chi connectivity index (χ4n) is 5.64. The molecule has 0 heterocycles. The first kappa shape index (κ1) is 54.3. The molecule has 1 fully saturated rings. The lowest BCUT2D eigenvalue weighted by Gasteiger charge is -2.19. The van der Waals surface area contributed by atoms with E-state index in [1.807, 2.05) is 64.0 Å². The summed E-state index contributed by atoms with van der Waals surface area (Å²) in [4.78, 5) is 24.7. The van der Waals surface area contributed by atoms with E-state index in [9.17, 15) is 23.3 Å². The van der Waals surface area contributed by atoms with Crippen LogP contribution in [0.5, 0.6) is 5.75 Å². The van der Waals surface area contributed by atoms with Gasteiger partial charge in [0.25, 0.3) is 0 Å². The molecular formula is C48H68ClN3O8S. The van der Waals surface area contributed by atoms with Gasteiger partial charge in [0.1, 0.15) is 23.0 Å².